The van der Waals surface area contributed by atoms with Crippen LogP contribution in [0.5, 0.6) is 0 Å². The van der Waals surface area contributed by atoms with Gasteiger partial charge in [0.2, 0.25) is 5.92 Å². The normalized spacial score (nSPS) is 18.9. The Morgan fingerprint density at radius 1 is 1.21 bits per heavy atom. The number of thiol groups is 1. The zero-order valence-corrected chi connectivity index (χ0v) is 17.1. The summed E-state index contributed by atoms with van der Waals surface area (Å²) in [5.74, 6) is -1.78. The van der Waals surface area contributed by atoms with Crippen LogP contribution in [-0.2, 0) is 6.42 Å². The number of aromatic nitrogens is 1. The zero-order valence-electron chi connectivity index (χ0n) is 16.2. The van der Waals surface area contributed by atoms with E-state index in [1.807, 2.05) is 23.1 Å². The number of rotatable bonds is 5. The molecule has 1 aromatic heterocycles. The maximum atomic E-state index is 13.9. The number of halogens is 2. The highest BCUT2D eigenvalue weighted by atomic mass is 32.1. The van der Waals surface area contributed by atoms with E-state index in [1.165, 1.54) is 12.8 Å². The van der Waals surface area contributed by atoms with Crippen molar-refractivity contribution in [3.63, 3.8) is 0 Å². The molecule has 2 fully saturated rings. The number of nitrogens with one attached hydrogen (secondary N) is 1. The van der Waals surface area contributed by atoms with Crippen LogP contribution in [0.15, 0.2) is 41.3 Å². The number of alkyl halides is 2. The summed E-state index contributed by atoms with van der Waals surface area (Å²) in [5.41, 5.74) is 1.98. The van der Waals surface area contributed by atoms with Crippen molar-refractivity contribution in [3.8, 4) is 0 Å². The smallest absolute Gasteiger partial charge is 0.259 e. The Bertz CT molecular complexity index is 901. The minimum absolute atomic E-state index is 0.123. The molecule has 2 aromatic rings. The number of amides is 1. The molecule has 1 amide bonds. The second kappa shape index (κ2) is 8.30. The molecule has 2 aliphatic rings. The number of benzene rings is 1. The number of nitrogens with zero attached hydrogens (tertiary/aromatic N) is 2. The minimum Gasteiger partial charge on any atom is -0.356 e. The molecule has 4 rings (SSSR count). The Balaban J connectivity index is 1.62. The van der Waals surface area contributed by atoms with Gasteiger partial charge in [0.1, 0.15) is 5.82 Å². The fourth-order valence-corrected chi connectivity index (χ4v) is 3.92. The third kappa shape index (κ3) is 5.26. The van der Waals surface area contributed by atoms with E-state index in [0.29, 0.717) is 36.0 Å². The zero-order chi connectivity index (χ0) is 20.4. The van der Waals surface area contributed by atoms with Crippen LogP contribution in [0.3, 0.4) is 0 Å². The third-order valence-electron chi connectivity index (χ3n) is 5.49. The molecule has 29 heavy (non-hydrogen) atoms. The van der Waals surface area contributed by atoms with Gasteiger partial charge in [0, 0.05) is 42.2 Å². The van der Waals surface area contributed by atoms with Crippen LogP contribution in [0, 0.1) is 5.92 Å². The van der Waals surface area contributed by atoms with Crippen molar-refractivity contribution in [2.24, 2.45) is 5.92 Å². The highest BCUT2D eigenvalue weighted by Crippen LogP contribution is 2.34. The van der Waals surface area contributed by atoms with E-state index in [1.54, 1.807) is 18.2 Å². The van der Waals surface area contributed by atoms with Crippen LogP contribution >= 0.6 is 12.6 Å². The first-order valence-electron chi connectivity index (χ1n) is 10.1. The Morgan fingerprint density at radius 2 is 2.03 bits per heavy atom. The number of hydrogen-bond acceptors (Lipinski definition) is 4. The summed E-state index contributed by atoms with van der Waals surface area (Å²) in [6, 6.07) is 10.9. The lowest BCUT2D eigenvalue weighted by molar-refractivity contribution is -0.0102. The highest BCUT2D eigenvalue weighted by Gasteiger charge is 2.33. The summed E-state index contributed by atoms with van der Waals surface area (Å²) in [6.07, 6.45) is 3.32. The van der Waals surface area contributed by atoms with E-state index in [2.05, 4.69) is 17.9 Å². The lowest BCUT2D eigenvalue weighted by Crippen LogP contribution is -2.29. The molecule has 1 saturated carbocycles. The summed E-state index contributed by atoms with van der Waals surface area (Å²) < 4.78 is 27.7. The highest BCUT2D eigenvalue weighted by molar-refractivity contribution is 7.80. The van der Waals surface area contributed by atoms with Crippen molar-refractivity contribution in [2.75, 3.05) is 23.3 Å². The quantitative estimate of drug-likeness (QED) is 0.657. The second-order valence-electron chi connectivity index (χ2n) is 8.02. The van der Waals surface area contributed by atoms with E-state index in [4.69, 9.17) is 4.98 Å². The number of carbonyl (C=O) groups excluding carboxylic acids is 1. The van der Waals surface area contributed by atoms with Gasteiger partial charge in [-0.2, -0.15) is 0 Å². The monoisotopic (exact) mass is 417 g/mol. The van der Waals surface area contributed by atoms with E-state index in [0.717, 1.165) is 17.0 Å². The van der Waals surface area contributed by atoms with Crippen LogP contribution in [-0.4, -0.2) is 29.9 Å². The predicted molar refractivity (Wildman–Crippen MR) is 113 cm³/mol. The first kappa shape index (κ1) is 20.1. The summed E-state index contributed by atoms with van der Waals surface area (Å²) in [4.78, 5) is 20.3. The molecule has 154 valence electrons. The maximum absolute atomic E-state index is 13.9. The Labute approximate surface area is 175 Å². The molecule has 1 aromatic carbocycles. The van der Waals surface area contributed by atoms with Gasteiger partial charge in [-0.15, -0.1) is 12.6 Å². The molecule has 0 spiro atoms. The lowest BCUT2D eigenvalue weighted by atomic mass is 10.1. The van der Waals surface area contributed by atoms with Crippen LogP contribution in [0.4, 0.5) is 20.3 Å². The van der Waals surface area contributed by atoms with Crippen molar-refractivity contribution >= 4 is 30.0 Å². The predicted octanol–water partition coefficient (Wildman–Crippen LogP) is 5.20. The molecule has 1 aliphatic heterocycles. The van der Waals surface area contributed by atoms with Crippen molar-refractivity contribution in [2.45, 2.75) is 49.3 Å². The van der Waals surface area contributed by atoms with Gasteiger partial charge < -0.3 is 10.2 Å². The fraction of sp³-hybridized carbons (Fsp3) is 0.455. The molecule has 1 aliphatic carbocycles. The first-order valence-corrected chi connectivity index (χ1v) is 10.6. The van der Waals surface area contributed by atoms with Gasteiger partial charge in [0.05, 0.1) is 5.56 Å². The average molecular weight is 418 g/mol. The van der Waals surface area contributed by atoms with Crippen molar-refractivity contribution in [1.29, 1.82) is 0 Å². The molecule has 0 atom stereocenters. The van der Waals surface area contributed by atoms with Gasteiger partial charge in [-0.25, -0.2) is 13.8 Å². The van der Waals surface area contributed by atoms with E-state index in [-0.39, 0.29) is 25.3 Å². The first-order chi connectivity index (χ1) is 13.9. The largest absolute Gasteiger partial charge is 0.356 e. The SMILES string of the molecule is O=C(Nc1cccc(S)c1)c1ccc(CC2CC2)nc1N1CCCC(F)(F)CC1. The maximum Gasteiger partial charge on any atom is 0.259 e. The fourth-order valence-electron chi connectivity index (χ4n) is 3.70. The van der Waals surface area contributed by atoms with Gasteiger partial charge in [-0.3, -0.25) is 4.79 Å². The molecule has 1 saturated heterocycles. The topological polar surface area (TPSA) is 45.2 Å². The van der Waals surface area contributed by atoms with Crippen molar-refractivity contribution < 1.29 is 13.6 Å². The number of anilines is 2. The molecule has 1 N–H and O–H groups in total. The Hall–Kier alpha value is -2.15. The summed E-state index contributed by atoms with van der Waals surface area (Å²) in [7, 11) is 0. The van der Waals surface area contributed by atoms with Crippen LogP contribution in [0.1, 0.15) is 48.2 Å². The summed E-state index contributed by atoms with van der Waals surface area (Å²) >= 11 is 4.30. The summed E-state index contributed by atoms with van der Waals surface area (Å²) in [6.45, 7) is 0.668. The third-order valence-corrected chi connectivity index (χ3v) is 5.77. The van der Waals surface area contributed by atoms with Gasteiger partial charge in [0.25, 0.3) is 5.91 Å². The lowest BCUT2D eigenvalue weighted by Gasteiger charge is -2.24. The molecule has 4 nitrogen and oxygen atoms in total. The number of carbonyl (C=O) groups is 1. The van der Waals surface area contributed by atoms with Gasteiger partial charge in [0.15, 0.2) is 0 Å². The Kier molecular flexibility index (Phi) is 5.76. The molecule has 0 unspecified atom stereocenters. The van der Waals surface area contributed by atoms with Gasteiger partial charge in [-0.05, 0) is 61.9 Å². The van der Waals surface area contributed by atoms with Crippen LogP contribution in [0.25, 0.3) is 0 Å². The van der Waals surface area contributed by atoms with Crippen molar-refractivity contribution in [1.82, 2.24) is 4.98 Å². The molecule has 0 radical (unpaired) electrons. The molecule has 7 heteroatoms. The molecule has 0 bridgehead atoms. The number of hydrogen-bond donors (Lipinski definition) is 2. The molecular weight excluding hydrogens is 392 g/mol. The van der Waals surface area contributed by atoms with E-state index < -0.39 is 5.92 Å². The molecule has 2 heterocycles. The molecular formula is C22H25F2N3OS. The second-order valence-corrected chi connectivity index (χ2v) is 8.54. The standard InChI is InChI=1S/C22H25F2N3OS/c23-22(24)9-2-11-27(12-10-22)20-19(8-7-17(25-20)13-15-5-6-15)21(28)26-16-3-1-4-18(29)14-16/h1,3-4,7-8,14-15,29H,2,5-6,9-13H2,(H,26,28). The van der Waals surface area contributed by atoms with Gasteiger partial charge >= 0.3 is 0 Å². The number of pyridine rings is 1. The van der Waals surface area contributed by atoms with Crippen LogP contribution < -0.4 is 10.2 Å². The van der Waals surface area contributed by atoms with Crippen molar-refractivity contribution in [3.05, 3.63) is 47.7 Å². The minimum atomic E-state index is -2.66. The van der Waals surface area contributed by atoms with E-state index in [9.17, 15) is 13.6 Å². The van der Waals surface area contributed by atoms with Gasteiger partial charge in [-0.1, -0.05) is 6.07 Å². The van der Waals surface area contributed by atoms with Crippen LogP contribution in [0.2, 0.25) is 0 Å². The van der Waals surface area contributed by atoms with E-state index >= 15 is 0 Å². The summed E-state index contributed by atoms with van der Waals surface area (Å²) in [5, 5.41) is 2.88. The Morgan fingerprint density at radius 3 is 2.79 bits per heavy atom. The average Bonchev–Trinajstić information content (AvgIpc) is 3.49.